The van der Waals surface area contributed by atoms with Gasteiger partial charge in [0.05, 0.1) is 0 Å². The minimum atomic E-state index is -0.313. The van der Waals surface area contributed by atoms with E-state index in [0.717, 1.165) is 19.3 Å². The van der Waals surface area contributed by atoms with Crippen LogP contribution in [0.4, 0.5) is 0 Å². The summed E-state index contributed by atoms with van der Waals surface area (Å²) >= 11 is 0. The SMILES string of the molecule is C=C(C)C(=O)OC1CC2CC1CC2OC(C)=O. The second kappa shape index (κ2) is 4.51. The zero-order chi connectivity index (χ0) is 12.6. The lowest BCUT2D eigenvalue weighted by molar-refractivity contribution is -0.155. The summed E-state index contributed by atoms with van der Waals surface area (Å²) in [5, 5.41) is 0. The minimum absolute atomic E-state index is 0.0176. The fraction of sp³-hybridized carbons (Fsp3) is 0.692. The summed E-state index contributed by atoms with van der Waals surface area (Å²) in [6.45, 7) is 6.65. The molecule has 0 saturated heterocycles. The summed E-state index contributed by atoms with van der Waals surface area (Å²) in [4.78, 5) is 22.3. The van der Waals surface area contributed by atoms with Crippen LogP contribution in [0, 0.1) is 11.8 Å². The molecule has 2 saturated carbocycles. The molecule has 2 bridgehead atoms. The molecule has 0 amide bonds. The Morgan fingerprint density at radius 2 is 1.53 bits per heavy atom. The number of carbonyl (C=O) groups excluding carboxylic acids is 2. The van der Waals surface area contributed by atoms with Crippen LogP contribution in [0.3, 0.4) is 0 Å². The first-order valence-corrected chi connectivity index (χ1v) is 6.01. The first-order chi connectivity index (χ1) is 7.97. The van der Waals surface area contributed by atoms with E-state index in [0.29, 0.717) is 17.4 Å². The Balaban J connectivity index is 1.87. The maximum atomic E-state index is 11.4. The molecule has 0 aliphatic heterocycles. The number of hydrogen-bond acceptors (Lipinski definition) is 4. The van der Waals surface area contributed by atoms with Crippen molar-refractivity contribution in [1.82, 2.24) is 0 Å². The summed E-state index contributed by atoms with van der Waals surface area (Å²) in [5.41, 5.74) is 0.435. The van der Waals surface area contributed by atoms with Crippen molar-refractivity contribution in [1.29, 1.82) is 0 Å². The summed E-state index contributed by atoms with van der Waals surface area (Å²) in [7, 11) is 0. The highest BCUT2D eigenvalue weighted by Crippen LogP contribution is 2.47. The molecule has 0 heterocycles. The third-order valence-electron chi connectivity index (χ3n) is 3.65. The Kier molecular flexibility index (Phi) is 3.22. The van der Waals surface area contributed by atoms with Crippen molar-refractivity contribution < 1.29 is 19.1 Å². The lowest BCUT2D eigenvalue weighted by atomic mass is 9.95. The average Bonchev–Trinajstić information content (AvgIpc) is 2.75. The largest absolute Gasteiger partial charge is 0.462 e. The molecule has 17 heavy (non-hydrogen) atoms. The van der Waals surface area contributed by atoms with Crippen LogP contribution in [0.2, 0.25) is 0 Å². The molecule has 2 rings (SSSR count). The Labute approximate surface area is 101 Å². The number of esters is 2. The Hall–Kier alpha value is -1.32. The molecule has 0 aromatic carbocycles. The fourth-order valence-electron chi connectivity index (χ4n) is 2.91. The molecule has 0 radical (unpaired) electrons. The van der Waals surface area contributed by atoms with Gasteiger partial charge in [-0.1, -0.05) is 6.58 Å². The van der Waals surface area contributed by atoms with Crippen molar-refractivity contribution in [2.24, 2.45) is 11.8 Å². The van der Waals surface area contributed by atoms with E-state index >= 15 is 0 Å². The van der Waals surface area contributed by atoms with Crippen LogP contribution < -0.4 is 0 Å². The van der Waals surface area contributed by atoms with Gasteiger partial charge in [0.1, 0.15) is 12.2 Å². The number of carbonyl (C=O) groups is 2. The summed E-state index contributed by atoms with van der Waals surface area (Å²) in [5.74, 6) is 0.157. The standard InChI is InChI=1S/C13H18O4/c1-7(2)13(15)17-12-6-9-4-10(12)5-11(9)16-8(3)14/h9-12H,1,4-6H2,2-3H3. The quantitative estimate of drug-likeness (QED) is 0.556. The maximum Gasteiger partial charge on any atom is 0.333 e. The van der Waals surface area contributed by atoms with Crippen molar-refractivity contribution >= 4 is 11.9 Å². The fourth-order valence-corrected chi connectivity index (χ4v) is 2.91. The van der Waals surface area contributed by atoms with E-state index < -0.39 is 0 Å². The normalized spacial score (nSPS) is 34.5. The smallest absolute Gasteiger partial charge is 0.333 e. The molecule has 0 spiro atoms. The Bertz CT molecular complexity index is 360. The van der Waals surface area contributed by atoms with Crippen molar-refractivity contribution in [2.75, 3.05) is 0 Å². The number of hydrogen-bond donors (Lipinski definition) is 0. The molecule has 4 unspecified atom stereocenters. The predicted octanol–water partition coefficient (Wildman–Crippen LogP) is 1.84. The predicted molar refractivity (Wildman–Crippen MR) is 61.1 cm³/mol. The highest BCUT2D eigenvalue weighted by atomic mass is 16.6. The maximum absolute atomic E-state index is 11.4. The molecule has 0 aromatic rings. The Morgan fingerprint density at radius 3 is 1.94 bits per heavy atom. The van der Waals surface area contributed by atoms with Gasteiger partial charge in [-0.05, 0) is 38.0 Å². The average molecular weight is 238 g/mol. The molecule has 2 aliphatic rings. The molecular formula is C13H18O4. The Morgan fingerprint density at radius 1 is 1.00 bits per heavy atom. The zero-order valence-corrected chi connectivity index (χ0v) is 10.3. The second-order valence-electron chi connectivity index (χ2n) is 5.10. The van der Waals surface area contributed by atoms with Crippen LogP contribution in [0.1, 0.15) is 33.1 Å². The van der Waals surface area contributed by atoms with Gasteiger partial charge < -0.3 is 9.47 Å². The van der Waals surface area contributed by atoms with Gasteiger partial charge in [0.2, 0.25) is 0 Å². The van der Waals surface area contributed by atoms with Crippen LogP contribution in [0.25, 0.3) is 0 Å². The van der Waals surface area contributed by atoms with Crippen LogP contribution in [0.15, 0.2) is 12.2 Å². The van der Waals surface area contributed by atoms with Crippen LogP contribution in [-0.2, 0) is 19.1 Å². The van der Waals surface area contributed by atoms with Crippen molar-refractivity contribution in [3.63, 3.8) is 0 Å². The number of ether oxygens (including phenoxy) is 2. The first-order valence-electron chi connectivity index (χ1n) is 6.01. The summed E-state index contributed by atoms with van der Waals surface area (Å²) in [6.07, 6.45) is 2.62. The third-order valence-corrected chi connectivity index (χ3v) is 3.65. The molecule has 4 nitrogen and oxygen atoms in total. The molecular weight excluding hydrogens is 220 g/mol. The highest BCUT2D eigenvalue weighted by Gasteiger charge is 2.49. The van der Waals surface area contributed by atoms with Crippen LogP contribution >= 0.6 is 0 Å². The summed E-state index contributed by atoms with van der Waals surface area (Å²) < 4.78 is 10.6. The van der Waals surface area contributed by atoms with E-state index in [4.69, 9.17) is 9.47 Å². The van der Waals surface area contributed by atoms with E-state index in [1.165, 1.54) is 6.92 Å². The van der Waals surface area contributed by atoms with E-state index in [9.17, 15) is 9.59 Å². The van der Waals surface area contributed by atoms with Gasteiger partial charge in [-0.25, -0.2) is 4.79 Å². The first kappa shape index (κ1) is 12.1. The van der Waals surface area contributed by atoms with Gasteiger partial charge in [0, 0.05) is 12.5 Å². The van der Waals surface area contributed by atoms with Gasteiger partial charge >= 0.3 is 11.9 Å². The van der Waals surface area contributed by atoms with E-state index in [1.807, 2.05) is 0 Å². The second-order valence-corrected chi connectivity index (χ2v) is 5.10. The lowest BCUT2D eigenvalue weighted by Crippen LogP contribution is -2.31. The molecule has 0 aromatic heterocycles. The van der Waals surface area contributed by atoms with Gasteiger partial charge in [0.15, 0.2) is 0 Å². The molecule has 2 fully saturated rings. The minimum Gasteiger partial charge on any atom is -0.462 e. The highest BCUT2D eigenvalue weighted by molar-refractivity contribution is 5.87. The van der Waals surface area contributed by atoms with Gasteiger partial charge in [-0.3, -0.25) is 4.79 Å². The third kappa shape index (κ3) is 2.51. The monoisotopic (exact) mass is 238 g/mol. The number of fused-ring (bicyclic) bond motifs is 2. The molecule has 94 valence electrons. The van der Waals surface area contributed by atoms with Crippen LogP contribution in [-0.4, -0.2) is 24.1 Å². The summed E-state index contributed by atoms with van der Waals surface area (Å²) in [6, 6.07) is 0. The molecule has 2 aliphatic carbocycles. The lowest BCUT2D eigenvalue weighted by Gasteiger charge is -2.27. The van der Waals surface area contributed by atoms with Crippen molar-refractivity contribution in [3.05, 3.63) is 12.2 Å². The molecule has 4 atom stereocenters. The molecule has 4 heteroatoms. The topological polar surface area (TPSA) is 52.6 Å². The van der Waals surface area contributed by atoms with Crippen LogP contribution in [0.5, 0.6) is 0 Å². The van der Waals surface area contributed by atoms with Crippen molar-refractivity contribution in [3.8, 4) is 0 Å². The molecule has 0 N–H and O–H groups in total. The van der Waals surface area contributed by atoms with Gasteiger partial charge in [-0.2, -0.15) is 0 Å². The zero-order valence-electron chi connectivity index (χ0n) is 10.3. The van der Waals surface area contributed by atoms with Gasteiger partial charge in [-0.15, -0.1) is 0 Å². The van der Waals surface area contributed by atoms with E-state index in [2.05, 4.69) is 6.58 Å². The van der Waals surface area contributed by atoms with E-state index in [1.54, 1.807) is 6.92 Å². The van der Waals surface area contributed by atoms with Gasteiger partial charge in [0.25, 0.3) is 0 Å². The van der Waals surface area contributed by atoms with Crippen molar-refractivity contribution in [2.45, 2.75) is 45.3 Å². The van der Waals surface area contributed by atoms with E-state index in [-0.39, 0.29) is 24.1 Å². The number of rotatable bonds is 3.